The lowest BCUT2D eigenvalue weighted by molar-refractivity contribution is -0.131. The number of aromatic amines is 1. The fourth-order valence-corrected chi connectivity index (χ4v) is 2.83. The molecule has 0 radical (unpaired) electrons. The van der Waals surface area contributed by atoms with Crippen LogP contribution in [0.25, 0.3) is 6.08 Å². The van der Waals surface area contributed by atoms with Crippen LogP contribution in [0, 0.1) is 0 Å². The molecule has 0 spiro atoms. The van der Waals surface area contributed by atoms with Gasteiger partial charge in [-0.05, 0) is 11.6 Å². The van der Waals surface area contributed by atoms with Crippen molar-refractivity contribution in [3.05, 3.63) is 59.3 Å². The number of carbonyl (C=O) groups excluding carboxylic acids is 2. The molecular formula is C19H22N4O2. The summed E-state index contributed by atoms with van der Waals surface area (Å²) in [5, 5.41) is 5.49. The van der Waals surface area contributed by atoms with Gasteiger partial charge < -0.3 is 15.6 Å². The summed E-state index contributed by atoms with van der Waals surface area (Å²) in [6.07, 6.45) is 3.66. The smallest absolute Gasteiger partial charge is 0.268 e. The number of amides is 2. The maximum Gasteiger partial charge on any atom is 0.268 e. The quantitative estimate of drug-likeness (QED) is 0.747. The highest BCUT2D eigenvalue weighted by Crippen LogP contribution is 2.24. The summed E-state index contributed by atoms with van der Waals surface area (Å²) >= 11 is 0. The number of benzene rings is 1. The molecule has 6 nitrogen and oxygen atoms in total. The topological polar surface area (TPSA) is 86.9 Å². The molecule has 0 aliphatic carbocycles. The zero-order chi connectivity index (χ0) is 18.0. The molecule has 1 aromatic carbocycles. The summed E-state index contributed by atoms with van der Waals surface area (Å²) in [5.74, 6) is -0.522. The number of nitrogens with zero attached hydrogens (tertiary/aromatic N) is 1. The third-order valence-electron chi connectivity index (χ3n) is 4.11. The van der Waals surface area contributed by atoms with Crippen LogP contribution in [-0.4, -0.2) is 27.8 Å². The van der Waals surface area contributed by atoms with Crippen LogP contribution in [0.2, 0.25) is 0 Å². The molecule has 1 atom stereocenters. The molecule has 1 saturated heterocycles. The lowest BCUT2D eigenvalue weighted by Crippen LogP contribution is -2.55. The van der Waals surface area contributed by atoms with E-state index in [0.717, 1.165) is 11.3 Å². The van der Waals surface area contributed by atoms with Gasteiger partial charge in [-0.3, -0.25) is 9.59 Å². The van der Waals surface area contributed by atoms with Crippen LogP contribution in [0.4, 0.5) is 0 Å². The minimum atomic E-state index is -0.576. The molecular weight excluding hydrogens is 316 g/mol. The third-order valence-corrected chi connectivity index (χ3v) is 4.11. The number of imidazole rings is 1. The Morgan fingerprint density at radius 1 is 1.16 bits per heavy atom. The van der Waals surface area contributed by atoms with Crippen molar-refractivity contribution < 1.29 is 9.59 Å². The average Bonchev–Trinajstić information content (AvgIpc) is 3.02. The van der Waals surface area contributed by atoms with E-state index in [2.05, 4.69) is 41.4 Å². The Bertz CT molecular complexity index is 815. The van der Waals surface area contributed by atoms with E-state index in [1.54, 1.807) is 12.4 Å². The highest BCUT2D eigenvalue weighted by atomic mass is 16.2. The SMILES string of the molecule is CC(C)(C)c1[nH]cnc1C=C1NC(=O)[C@H](Cc2ccccc2)NC1=O. The zero-order valence-electron chi connectivity index (χ0n) is 14.6. The van der Waals surface area contributed by atoms with Crippen LogP contribution in [-0.2, 0) is 21.4 Å². The van der Waals surface area contributed by atoms with Gasteiger partial charge in [-0.1, -0.05) is 51.1 Å². The summed E-state index contributed by atoms with van der Waals surface area (Å²) in [5.41, 5.74) is 2.63. The molecule has 0 unspecified atom stereocenters. The Balaban J connectivity index is 1.78. The molecule has 1 aliphatic heterocycles. The Hall–Kier alpha value is -2.89. The third kappa shape index (κ3) is 3.79. The van der Waals surface area contributed by atoms with Crippen molar-refractivity contribution in [1.29, 1.82) is 0 Å². The Kier molecular flexibility index (Phi) is 4.44. The molecule has 0 saturated carbocycles. The lowest BCUT2D eigenvalue weighted by atomic mass is 9.90. The second kappa shape index (κ2) is 6.55. The normalized spacial score (nSPS) is 19.6. The van der Waals surface area contributed by atoms with Crippen molar-refractivity contribution in [3.8, 4) is 0 Å². The van der Waals surface area contributed by atoms with E-state index in [1.807, 2.05) is 30.3 Å². The summed E-state index contributed by atoms with van der Waals surface area (Å²) in [6, 6.07) is 9.03. The Morgan fingerprint density at radius 3 is 2.56 bits per heavy atom. The standard InChI is InChI=1S/C19H22N4O2/c1-19(2,3)16-13(20-11-21-16)10-15-18(25)22-14(17(24)23-15)9-12-7-5-4-6-8-12/h4-8,10-11,14H,9H2,1-3H3,(H,20,21)(H,22,25)(H,23,24)/t14-/m0/s1. The summed E-state index contributed by atoms with van der Waals surface area (Å²) < 4.78 is 0. The second-order valence-corrected chi connectivity index (χ2v) is 7.18. The maximum atomic E-state index is 12.4. The maximum absolute atomic E-state index is 12.4. The van der Waals surface area contributed by atoms with Crippen molar-refractivity contribution in [2.75, 3.05) is 0 Å². The van der Waals surface area contributed by atoms with Gasteiger partial charge in [-0.25, -0.2) is 4.98 Å². The van der Waals surface area contributed by atoms with E-state index in [-0.39, 0.29) is 22.9 Å². The molecule has 1 aromatic heterocycles. The van der Waals surface area contributed by atoms with Crippen LogP contribution in [0.5, 0.6) is 0 Å². The number of piperazine rings is 1. The van der Waals surface area contributed by atoms with Crippen molar-refractivity contribution in [2.45, 2.75) is 38.6 Å². The monoisotopic (exact) mass is 338 g/mol. The largest absolute Gasteiger partial charge is 0.348 e. The first kappa shape index (κ1) is 17.0. The van der Waals surface area contributed by atoms with Gasteiger partial charge in [0.1, 0.15) is 11.7 Å². The fraction of sp³-hybridized carbons (Fsp3) is 0.316. The molecule has 2 amide bonds. The summed E-state index contributed by atoms with van der Waals surface area (Å²) in [4.78, 5) is 32.1. The van der Waals surface area contributed by atoms with Gasteiger partial charge in [0.15, 0.2) is 0 Å². The van der Waals surface area contributed by atoms with Crippen LogP contribution in [0.15, 0.2) is 42.4 Å². The molecule has 6 heteroatoms. The molecule has 3 N–H and O–H groups in total. The van der Waals surface area contributed by atoms with Crippen LogP contribution in [0.3, 0.4) is 0 Å². The van der Waals surface area contributed by atoms with E-state index in [9.17, 15) is 9.59 Å². The molecule has 0 bridgehead atoms. The predicted octanol–water partition coefficient (Wildman–Crippen LogP) is 1.91. The summed E-state index contributed by atoms with van der Waals surface area (Å²) in [7, 11) is 0. The molecule has 130 valence electrons. The Morgan fingerprint density at radius 2 is 1.88 bits per heavy atom. The van der Waals surface area contributed by atoms with E-state index < -0.39 is 6.04 Å². The molecule has 25 heavy (non-hydrogen) atoms. The van der Waals surface area contributed by atoms with Crippen molar-refractivity contribution in [1.82, 2.24) is 20.6 Å². The average molecular weight is 338 g/mol. The van der Waals surface area contributed by atoms with E-state index >= 15 is 0 Å². The predicted molar refractivity (Wildman–Crippen MR) is 95.5 cm³/mol. The van der Waals surface area contributed by atoms with Gasteiger partial charge in [0.2, 0.25) is 5.91 Å². The van der Waals surface area contributed by atoms with Gasteiger partial charge in [0.05, 0.1) is 12.0 Å². The number of carbonyl (C=O) groups is 2. The zero-order valence-corrected chi connectivity index (χ0v) is 14.6. The van der Waals surface area contributed by atoms with E-state index in [0.29, 0.717) is 12.1 Å². The van der Waals surface area contributed by atoms with Crippen molar-refractivity contribution in [3.63, 3.8) is 0 Å². The van der Waals surface area contributed by atoms with Crippen molar-refractivity contribution >= 4 is 17.9 Å². The van der Waals surface area contributed by atoms with E-state index in [4.69, 9.17) is 0 Å². The minimum absolute atomic E-state index is 0.145. The molecule has 3 rings (SSSR count). The Labute approximate surface area is 146 Å². The first-order valence-electron chi connectivity index (χ1n) is 8.26. The van der Waals surface area contributed by atoms with Crippen LogP contribution in [0.1, 0.15) is 37.7 Å². The minimum Gasteiger partial charge on any atom is -0.348 e. The van der Waals surface area contributed by atoms with Crippen LogP contribution >= 0.6 is 0 Å². The lowest BCUT2D eigenvalue weighted by Gasteiger charge is -2.25. The van der Waals surface area contributed by atoms with Gasteiger partial charge in [0, 0.05) is 17.5 Å². The summed E-state index contributed by atoms with van der Waals surface area (Å²) in [6.45, 7) is 6.16. The second-order valence-electron chi connectivity index (χ2n) is 7.18. The van der Waals surface area contributed by atoms with Gasteiger partial charge in [-0.15, -0.1) is 0 Å². The van der Waals surface area contributed by atoms with Crippen LogP contribution < -0.4 is 10.6 Å². The first-order valence-corrected chi connectivity index (χ1v) is 8.26. The molecule has 2 aromatic rings. The number of aromatic nitrogens is 2. The number of rotatable bonds is 3. The molecule has 1 aliphatic rings. The van der Waals surface area contributed by atoms with Gasteiger partial charge >= 0.3 is 0 Å². The van der Waals surface area contributed by atoms with Gasteiger partial charge in [0.25, 0.3) is 5.91 Å². The number of hydrogen-bond donors (Lipinski definition) is 3. The van der Waals surface area contributed by atoms with Gasteiger partial charge in [-0.2, -0.15) is 0 Å². The van der Waals surface area contributed by atoms with Crippen molar-refractivity contribution in [2.24, 2.45) is 0 Å². The number of nitrogens with one attached hydrogen (secondary N) is 3. The fourth-order valence-electron chi connectivity index (χ4n) is 2.83. The van der Waals surface area contributed by atoms with E-state index in [1.165, 1.54) is 0 Å². The molecule has 2 heterocycles. The number of hydrogen-bond acceptors (Lipinski definition) is 3. The number of H-pyrrole nitrogens is 1. The molecule has 1 fully saturated rings. The highest BCUT2D eigenvalue weighted by Gasteiger charge is 2.30. The first-order chi connectivity index (χ1) is 11.8. The highest BCUT2D eigenvalue weighted by molar-refractivity contribution is 6.07.